The van der Waals surface area contributed by atoms with Gasteiger partial charge in [0, 0.05) is 31.9 Å². The highest BCUT2D eigenvalue weighted by atomic mass is 19.1. The Labute approximate surface area is 122 Å². The number of nitrogens with zero attached hydrogens (tertiary/aromatic N) is 3. The van der Waals surface area contributed by atoms with Crippen LogP contribution in [0.5, 0.6) is 0 Å². The molecule has 0 aromatic carbocycles. The second kappa shape index (κ2) is 5.44. The van der Waals surface area contributed by atoms with Crippen LogP contribution >= 0.6 is 0 Å². The number of pyridine rings is 2. The Morgan fingerprint density at radius 3 is 3.00 bits per heavy atom. The molecule has 0 spiro atoms. The molecular formula is C15H19FN4O. The third-order valence-corrected chi connectivity index (χ3v) is 4.14. The van der Waals surface area contributed by atoms with Gasteiger partial charge in [0.05, 0.1) is 5.39 Å². The third-order valence-electron chi connectivity index (χ3n) is 4.14. The van der Waals surface area contributed by atoms with Crippen molar-refractivity contribution >= 4 is 16.9 Å². The monoisotopic (exact) mass is 290 g/mol. The van der Waals surface area contributed by atoms with Crippen LogP contribution in [0, 0.1) is 11.7 Å². The van der Waals surface area contributed by atoms with E-state index in [2.05, 4.69) is 4.98 Å². The van der Waals surface area contributed by atoms with Gasteiger partial charge in [-0.25, -0.2) is 9.37 Å². The lowest BCUT2D eigenvalue weighted by Gasteiger charge is -2.19. The summed E-state index contributed by atoms with van der Waals surface area (Å²) in [5, 5.41) is 0.329. The summed E-state index contributed by atoms with van der Waals surface area (Å²) in [4.78, 5) is 18.2. The molecule has 21 heavy (non-hydrogen) atoms. The Hall–Kier alpha value is -1.95. The molecule has 3 rings (SSSR count). The van der Waals surface area contributed by atoms with Crippen LogP contribution in [0.25, 0.3) is 11.0 Å². The largest absolute Gasteiger partial charge is 0.354 e. The molecule has 2 aromatic heterocycles. The fraction of sp³-hybridized carbons (Fsp3) is 0.467. The minimum Gasteiger partial charge on any atom is -0.354 e. The number of halogens is 1. The lowest BCUT2D eigenvalue weighted by Crippen LogP contribution is -2.25. The van der Waals surface area contributed by atoms with Crippen molar-refractivity contribution in [1.29, 1.82) is 0 Å². The van der Waals surface area contributed by atoms with E-state index in [1.807, 2.05) is 16.4 Å². The maximum absolute atomic E-state index is 14.3. The average molecular weight is 290 g/mol. The van der Waals surface area contributed by atoms with Crippen molar-refractivity contribution in [3.8, 4) is 0 Å². The number of hydrogen-bond acceptors (Lipinski definition) is 4. The van der Waals surface area contributed by atoms with Gasteiger partial charge in [-0.2, -0.15) is 0 Å². The summed E-state index contributed by atoms with van der Waals surface area (Å²) in [5.74, 6) is 0.267. The summed E-state index contributed by atoms with van der Waals surface area (Å²) in [6.07, 6.45) is 2.65. The zero-order valence-corrected chi connectivity index (χ0v) is 12.1. The van der Waals surface area contributed by atoms with Gasteiger partial charge in [0.15, 0.2) is 17.1 Å². The van der Waals surface area contributed by atoms with E-state index in [9.17, 15) is 9.18 Å². The molecule has 0 aliphatic carbocycles. The van der Waals surface area contributed by atoms with Crippen LogP contribution in [0.3, 0.4) is 0 Å². The molecule has 1 fully saturated rings. The molecule has 0 amide bonds. The Morgan fingerprint density at radius 2 is 2.33 bits per heavy atom. The maximum atomic E-state index is 14.3. The van der Waals surface area contributed by atoms with Gasteiger partial charge in [0.1, 0.15) is 5.65 Å². The number of aryl methyl sites for hydroxylation is 1. The first kappa shape index (κ1) is 14.0. The number of hydrogen-bond donors (Lipinski definition) is 1. The smallest absolute Gasteiger partial charge is 0.191 e. The fourth-order valence-corrected chi connectivity index (χ4v) is 2.88. The van der Waals surface area contributed by atoms with Crippen LogP contribution in [-0.2, 0) is 6.54 Å². The minimum atomic E-state index is -0.439. The predicted molar refractivity (Wildman–Crippen MR) is 81.0 cm³/mol. The van der Waals surface area contributed by atoms with Crippen molar-refractivity contribution in [1.82, 2.24) is 9.55 Å². The molecule has 6 heteroatoms. The zero-order chi connectivity index (χ0) is 15.0. The highest BCUT2D eigenvalue weighted by Crippen LogP contribution is 2.26. The highest BCUT2D eigenvalue weighted by molar-refractivity contribution is 5.77. The van der Waals surface area contributed by atoms with E-state index >= 15 is 0 Å². The van der Waals surface area contributed by atoms with Crippen LogP contribution in [0.4, 0.5) is 10.2 Å². The Kier molecular flexibility index (Phi) is 3.63. The number of anilines is 1. The minimum absolute atomic E-state index is 0.200. The van der Waals surface area contributed by atoms with Crippen LogP contribution in [0.15, 0.2) is 23.1 Å². The number of rotatable bonds is 3. The van der Waals surface area contributed by atoms with E-state index in [0.717, 1.165) is 19.5 Å². The Morgan fingerprint density at radius 1 is 1.52 bits per heavy atom. The SMILES string of the molecule is CCn1ccc(=O)c2cc(F)c(N3CCC(CN)C3)nc21. The molecule has 2 aromatic rings. The first-order valence-corrected chi connectivity index (χ1v) is 7.28. The lowest BCUT2D eigenvalue weighted by atomic mass is 10.1. The topological polar surface area (TPSA) is 64.2 Å². The second-order valence-corrected chi connectivity index (χ2v) is 5.47. The van der Waals surface area contributed by atoms with Crippen LogP contribution < -0.4 is 16.1 Å². The first-order valence-electron chi connectivity index (χ1n) is 7.28. The standard InChI is InChI=1S/C15H19FN4O/c1-2-19-6-4-13(21)11-7-12(16)15(18-14(11)19)20-5-3-10(8-17)9-20/h4,6-7,10H,2-3,5,8-9,17H2,1H3. The van der Waals surface area contributed by atoms with Crippen molar-refractivity contribution in [2.24, 2.45) is 11.7 Å². The third kappa shape index (κ3) is 2.40. The molecule has 0 saturated carbocycles. The van der Waals surface area contributed by atoms with E-state index < -0.39 is 5.82 Å². The summed E-state index contributed by atoms with van der Waals surface area (Å²) in [5.41, 5.74) is 6.02. The van der Waals surface area contributed by atoms with Crippen molar-refractivity contribution in [2.45, 2.75) is 19.9 Å². The molecule has 1 aliphatic rings. The molecule has 1 atom stereocenters. The second-order valence-electron chi connectivity index (χ2n) is 5.47. The summed E-state index contributed by atoms with van der Waals surface area (Å²) in [6, 6.07) is 2.76. The van der Waals surface area contributed by atoms with Crippen molar-refractivity contribution in [3.63, 3.8) is 0 Å². The fourth-order valence-electron chi connectivity index (χ4n) is 2.88. The number of aromatic nitrogens is 2. The van der Waals surface area contributed by atoms with Gasteiger partial charge < -0.3 is 15.2 Å². The summed E-state index contributed by atoms with van der Waals surface area (Å²) in [7, 11) is 0. The molecule has 112 valence electrons. The molecular weight excluding hydrogens is 271 g/mol. The molecule has 0 bridgehead atoms. The van der Waals surface area contributed by atoms with Crippen LogP contribution in [-0.4, -0.2) is 29.2 Å². The van der Waals surface area contributed by atoms with E-state index in [0.29, 0.717) is 35.9 Å². The Balaban J connectivity index is 2.12. The van der Waals surface area contributed by atoms with Crippen molar-refractivity contribution < 1.29 is 4.39 Å². The van der Waals surface area contributed by atoms with Crippen LogP contribution in [0.2, 0.25) is 0 Å². The van der Waals surface area contributed by atoms with Gasteiger partial charge in [0.25, 0.3) is 0 Å². The highest BCUT2D eigenvalue weighted by Gasteiger charge is 2.25. The predicted octanol–water partition coefficient (Wildman–Crippen LogP) is 1.34. The molecule has 0 radical (unpaired) electrons. The zero-order valence-electron chi connectivity index (χ0n) is 12.1. The van der Waals surface area contributed by atoms with Gasteiger partial charge in [0.2, 0.25) is 0 Å². The van der Waals surface area contributed by atoms with Gasteiger partial charge >= 0.3 is 0 Å². The molecule has 5 nitrogen and oxygen atoms in total. The van der Waals surface area contributed by atoms with Crippen LogP contribution in [0.1, 0.15) is 13.3 Å². The molecule has 1 saturated heterocycles. The molecule has 2 N–H and O–H groups in total. The van der Waals surface area contributed by atoms with Gasteiger partial charge in [-0.1, -0.05) is 0 Å². The molecule has 1 aliphatic heterocycles. The Bertz CT molecular complexity index is 727. The van der Waals surface area contributed by atoms with E-state index in [4.69, 9.17) is 5.73 Å². The van der Waals surface area contributed by atoms with Crippen molar-refractivity contribution in [3.05, 3.63) is 34.4 Å². The summed E-state index contributed by atoms with van der Waals surface area (Å²) in [6.45, 7) is 4.72. The lowest BCUT2D eigenvalue weighted by molar-refractivity contribution is 0.595. The van der Waals surface area contributed by atoms with E-state index in [1.165, 1.54) is 12.1 Å². The van der Waals surface area contributed by atoms with E-state index in [1.54, 1.807) is 6.20 Å². The summed E-state index contributed by atoms with van der Waals surface area (Å²) >= 11 is 0. The normalized spacial score (nSPS) is 18.6. The van der Waals surface area contributed by atoms with Gasteiger partial charge in [-0.05, 0) is 31.9 Å². The van der Waals surface area contributed by atoms with E-state index in [-0.39, 0.29) is 5.43 Å². The molecule has 3 heterocycles. The number of fused-ring (bicyclic) bond motifs is 1. The number of nitrogens with two attached hydrogens (primary N) is 1. The average Bonchev–Trinajstić information content (AvgIpc) is 2.96. The van der Waals surface area contributed by atoms with Gasteiger partial charge in [-0.15, -0.1) is 0 Å². The quantitative estimate of drug-likeness (QED) is 0.926. The molecule has 1 unspecified atom stereocenters. The maximum Gasteiger partial charge on any atom is 0.191 e. The van der Waals surface area contributed by atoms with Crippen molar-refractivity contribution in [2.75, 3.05) is 24.5 Å². The first-order chi connectivity index (χ1) is 10.1. The summed E-state index contributed by atoms with van der Waals surface area (Å²) < 4.78 is 16.2. The van der Waals surface area contributed by atoms with Gasteiger partial charge in [-0.3, -0.25) is 4.79 Å².